The highest BCUT2D eigenvalue weighted by molar-refractivity contribution is 7.92. The average molecular weight is 483 g/mol. The fourth-order valence-corrected chi connectivity index (χ4v) is 5.19. The van der Waals surface area contributed by atoms with Gasteiger partial charge in [-0.3, -0.25) is 9.40 Å². The Morgan fingerprint density at radius 2 is 2.06 bits per heavy atom. The van der Waals surface area contributed by atoms with Crippen LogP contribution in [0, 0.1) is 0 Å². The molecule has 0 amide bonds. The summed E-state index contributed by atoms with van der Waals surface area (Å²) in [7, 11) is -2.39. The summed E-state index contributed by atoms with van der Waals surface area (Å²) in [4.78, 5) is 0.136. The van der Waals surface area contributed by atoms with Gasteiger partial charge >= 0.3 is 0 Å². The first-order valence-electron chi connectivity index (χ1n) is 11.1. The van der Waals surface area contributed by atoms with Crippen LogP contribution in [0.2, 0.25) is 0 Å². The summed E-state index contributed by atoms with van der Waals surface area (Å²) in [6.07, 6.45) is 5.53. The van der Waals surface area contributed by atoms with Crippen LogP contribution in [0.1, 0.15) is 18.4 Å². The number of benzene rings is 2. The third kappa shape index (κ3) is 4.70. The van der Waals surface area contributed by atoms with Gasteiger partial charge in [-0.05, 0) is 67.9 Å². The lowest BCUT2D eigenvalue weighted by atomic mass is 10.1. The predicted molar refractivity (Wildman–Crippen MR) is 129 cm³/mol. The van der Waals surface area contributed by atoms with Crippen molar-refractivity contribution in [1.82, 2.24) is 20.3 Å². The van der Waals surface area contributed by atoms with E-state index in [0.29, 0.717) is 29.3 Å². The van der Waals surface area contributed by atoms with Gasteiger partial charge in [0.15, 0.2) is 11.4 Å². The summed E-state index contributed by atoms with van der Waals surface area (Å²) in [6.45, 7) is 2.40. The van der Waals surface area contributed by atoms with E-state index < -0.39 is 10.0 Å². The molecule has 5 rings (SSSR count). The maximum atomic E-state index is 13.2. The van der Waals surface area contributed by atoms with Crippen LogP contribution in [0.15, 0.2) is 64.3 Å². The second-order valence-corrected chi connectivity index (χ2v) is 9.89. The Kier molecular flexibility index (Phi) is 6.12. The summed E-state index contributed by atoms with van der Waals surface area (Å²) >= 11 is 0. The number of anilines is 2. The molecule has 0 unspecified atom stereocenters. The lowest BCUT2D eigenvalue weighted by Gasteiger charge is -2.24. The van der Waals surface area contributed by atoms with Crippen LogP contribution < -0.4 is 20.1 Å². The zero-order chi connectivity index (χ0) is 23.5. The van der Waals surface area contributed by atoms with E-state index in [9.17, 15) is 8.42 Å². The summed E-state index contributed by atoms with van der Waals surface area (Å²) < 4.78 is 41.7. The number of nitrogens with zero attached hydrogens (tertiary/aromatic N) is 3. The quantitative estimate of drug-likeness (QED) is 0.350. The van der Waals surface area contributed by atoms with Crippen LogP contribution in [0.4, 0.5) is 11.5 Å². The van der Waals surface area contributed by atoms with E-state index in [2.05, 4.69) is 25.6 Å². The molecule has 178 valence electrons. The molecule has 10 nitrogen and oxygen atoms in total. The summed E-state index contributed by atoms with van der Waals surface area (Å²) in [5, 5.41) is 15.4. The Morgan fingerprint density at radius 1 is 1.21 bits per heavy atom. The molecule has 0 saturated carbocycles. The van der Waals surface area contributed by atoms with Gasteiger partial charge in [-0.1, -0.05) is 11.2 Å². The van der Waals surface area contributed by atoms with E-state index in [0.717, 1.165) is 37.2 Å². The van der Waals surface area contributed by atoms with Gasteiger partial charge in [0.1, 0.15) is 11.1 Å². The fraction of sp³-hybridized carbons (Fsp3) is 0.304. The van der Waals surface area contributed by atoms with E-state index in [-0.39, 0.29) is 10.7 Å². The van der Waals surface area contributed by atoms with Gasteiger partial charge in [-0.2, -0.15) is 5.10 Å². The van der Waals surface area contributed by atoms with Crippen molar-refractivity contribution in [2.45, 2.75) is 30.3 Å². The monoisotopic (exact) mass is 482 g/mol. The minimum atomic E-state index is -3.91. The van der Waals surface area contributed by atoms with Gasteiger partial charge < -0.3 is 19.9 Å². The number of sulfonamides is 1. The SMILES string of the molecule is COc1cc(Cn2cccn2)cc2onc(NS(=O)(=O)c3cccc(NC4CCNCC4)c3)c12. The molecule has 11 heteroatoms. The highest BCUT2D eigenvalue weighted by Gasteiger charge is 2.22. The molecule has 1 aliphatic heterocycles. The second kappa shape index (κ2) is 9.35. The Hall–Kier alpha value is -3.57. The smallest absolute Gasteiger partial charge is 0.263 e. The number of fused-ring (bicyclic) bond motifs is 1. The summed E-state index contributed by atoms with van der Waals surface area (Å²) in [6, 6.07) is 12.6. The molecule has 0 atom stereocenters. The zero-order valence-electron chi connectivity index (χ0n) is 18.7. The highest BCUT2D eigenvalue weighted by Crippen LogP contribution is 2.35. The maximum Gasteiger partial charge on any atom is 0.263 e. The van der Waals surface area contributed by atoms with Gasteiger partial charge in [-0.15, -0.1) is 0 Å². The molecular formula is C23H26N6O4S. The molecule has 34 heavy (non-hydrogen) atoms. The molecule has 3 N–H and O–H groups in total. The number of piperidine rings is 1. The molecule has 4 aromatic rings. The Balaban J connectivity index is 1.40. The van der Waals surface area contributed by atoms with Gasteiger partial charge in [0, 0.05) is 24.1 Å². The molecule has 2 aromatic heterocycles. The topological polar surface area (TPSA) is 123 Å². The van der Waals surface area contributed by atoms with Crippen molar-refractivity contribution in [3.63, 3.8) is 0 Å². The van der Waals surface area contributed by atoms with Crippen molar-refractivity contribution in [3.05, 3.63) is 60.4 Å². The molecule has 3 heterocycles. The molecule has 1 saturated heterocycles. The maximum absolute atomic E-state index is 13.2. The van der Waals surface area contributed by atoms with Crippen LogP contribution in [0.25, 0.3) is 11.0 Å². The van der Waals surface area contributed by atoms with E-state index in [4.69, 9.17) is 9.26 Å². The zero-order valence-corrected chi connectivity index (χ0v) is 19.5. The fourth-order valence-electron chi connectivity index (χ4n) is 4.13. The molecule has 1 fully saturated rings. The number of nitrogens with one attached hydrogen (secondary N) is 3. The van der Waals surface area contributed by atoms with Crippen LogP contribution >= 0.6 is 0 Å². The molecule has 2 aromatic carbocycles. The molecule has 0 spiro atoms. The van der Waals surface area contributed by atoms with E-state index in [1.807, 2.05) is 24.4 Å². The highest BCUT2D eigenvalue weighted by atomic mass is 32.2. The second-order valence-electron chi connectivity index (χ2n) is 8.21. The van der Waals surface area contributed by atoms with Crippen molar-refractivity contribution < 1.29 is 17.7 Å². The van der Waals surface area contributed by atoms with Crippen molar-refractivity contribution in [1.29, 1.82) is 0 Å². The van der Waals surface area contributed by atoms with Gasteiger partial charge in [0.25, 0.3) is 10.0 Å². The summed E-state index contributed by atoms with van der Waals surface area (Å²) in [5.74, 6) is 0.536. The first-order chi connectivity index (χ1) is 16.5. The molecular weight excluding hydrogens is 456 g/mol. The minimum absolute atomic E-state index is 0.0780. The number of rotatable bonds is 8. The predicted octanol–water partition coefficient (Wildman–Crippen LogP) is 3.05. The van der Waals surface area contributed by atoms with Crippen molar-refractivity contribution in [2.75, 3.05) is 30.2 Å². The standard InChI is InChI=1S/C23H26N6O4S/c1-32-20-12-16(15-29-11-3-8-25-29)13-21-22(20)23(27-33-21)28-34(30,31)19-5-2-4-18(14-19)26-17-6-9-24-10-7-17/h2-5,8,11-14,17,24,26H,6-7,9-10,15H2,1H3,(H,27,28). The summed E-state index contributed by atoms with van der Waals surface area (Å²) in [5.41, 5.74) is 2.07. The lowest BCUT2D eigenvalue weighted by molar-refractivity contribution is 0.418. The lowest BCUT2D eigenvalue weighted by Crippen LogP contribution is -2.35. The molecule has 0 radical (unpaired) electrons. The number of methoxy groups -OCH3 is 1. The number of aromatic nitrogens is 3. The number of hydrogen-bond acceptors (Lipinski definition) is 8. The van der Waals surface area contributed by atoms with Crippen molar-refractivity contribution in [2.24, 2.45) is 0 Å². The first-order valence-corrected chi connectivity index (χ1v) is 12.5. The normalized spacial score (nSPS) is 14.9. The Bertz CT molecular complexity index is 1380. The van der Waals surface area contributed by atoms with Crippen LogP contribution in [-0.2, 0) is 16.6 Å². The largest absolute Gasteiger partial charge is 0.496 e. The third-order valence-corrected chi connectivity index (χ3v) is 7.14. The van der Waals surface area contributed by atoms with E-state index >= 15 is 0 Å². The number of ether oxygens (including phenoxy) is 1. The van der Waals surface area contributed by atoms with Gasteiger partial charge in [0.05, 0.1) is 18.6 Å². The van der Waals surface area contributed by atoms with Crippen molar-refractivity contribution in [3.8, 4) is 5.75 Å². The first kappa shape index (κ1) is 22.2. The van der Waals surface area contributed by atoms with Crippen LogP contribution in [0.3, 0.4) is 0 Å². The van der Waals surface area contributed by atoms with Crippen LogP contribution in [-0.4, -0.2) is 49.6 Å². The van der Waals surface area contributed by atoms with Gasteiger partial charge in [-0.25, -0.2) is 8.42 Å². The van der Waals surface area contributed by atoms with Crippen molar-refractivity contribution >= 4 is 32.5 Å². The molecule has 1 aliphatic rings. The molecule has 0 bridgehead atoms. The average Bonchev–Trinajstić information content (AvgIpc) is 3.49. The Labute approximate surface area is 197 Å². The number of hydrogen-bond donors (Lipinski definition) is 3. The molecule has 0 aliphatic carbocycles. The van der Waals surface area contributed by atoms with Gasteiger partial charge in [0.2, 0.25) is 0 Å². The Morgan fingerprint density at radius 3 is 2.82 bits per heavy atom. The van der Waals surface area contributed by atoms with Crippen LogP contribution in [0.5, 0.6) is 5.75 Å². The van der Waals surface area contributed by atoms with E-state index in [1.54, 1.807) is 35.1 Å². The van der Waals surface area contributed by atoms with E-state index in [1.165, 1.54) is 7.11 Å². The minimum Gasteiger partial charge on any atom is -0.496 e. The third-order valence-electron chi connectivity index (χ3n) is 5.81.